The molecule has 11 aromatic rings. The predicted molar refractivity (Wildman–Crippen MR) is 205 cm³/mol. The lowest BCUT2D eigenvalue weighted by molar-refractivity contribution is 0.669. The van der Waals surface area contributed by atoms with Crippen LogP contribution in [-0.2, 0) is 0 Å². The quantitative estimate of drug-likeness (QED) is 0.192. The molecule has 0 fully saturated rings. The van der Waals surface area contributed by atoms with Crippen LogP contribution in [0.3, 0.4) is 0 Å². The van der Waals surface area contributed by atoms with Gasteiger partial charge in [0.15, 0.2) is 5.82 Å². The highest BCUT2D eigenvalue weighted by Gasteiger charge is 2.23. The van der Waals surface area contributed by atoms with Gasteiger partial charge < -0.3 is 8.98 Å². The van der Waals surface area contributed by atoms with E-state index in [1.807, 2.05) is 24.3 Å². The molecule has 0 saturated heterocycles. The summed E-state index contributed by atoms with van der Waals surface area (Å²) in [4.78, 5) is 10.5. The maximum atomic E-state index is 6.68. The predicted octanol–water partition coefficient (Wildman–Crippen LogP) is 12.3. The van der Waals surface area contributed by atoms with E-state index in [1.54, 1.807) is 11.3 Å². The number of rotatable bonds is 3. The van der Waals surface area contributed by atoms with Gasteiger partial charge in [-0.2, -0.15) is 0 Å². The largest absolute Gasteiger partial charge is 0.456 e. The number of hydrogen-bond acceptors (Lipinski definition) is 4. The first-order valence-corrected chi connectivity index (χ1v) is 17.2. The zero-order valence-corrected chi connectivity index (χ0v) is 26.9. The molecule has 5 heteroatoms. The molecule has 4 aromatic heterocycles. The fraction of sp³-hybridized carbons (Fsp3) is 0. The number of para-hydroxylation sites is 2. The third-order valence-electron chi connectivity index (χ3n) is 9.76. The molecule has 0 spiro atoms. The molecule has 0 aliphatic heterocycles. The van der Waals surface area contributed by atoms with Crippen LogP contribution in [0.4, 0.5) is 0 Å². The van der Waals surface area contributed by atoms with Crippen molar-refractivity contribution in [2.45, 2.75) is 0 Å². The maximum Gasteiger partial charge on any atom is 0.160 e. The number of benzene rings is 7. The lowest BCUT2D eigenvalue weighted by atomic mass is 10.0. The van der Waals surface area contributed by atoms with Gasteiger partial charge in [-0.3, -0.25) is 0 Å². The number of thiophene rings is 1. The molecule has 0 amide bonds. The Bertz CT molecular complexity index is 3110. The first kappa shape index (κ1) is 26.7. The lowest BCUT2D eigenvalue weighted by Crippen LogP contribution is -1.98. The number of hydrogen-bond donors (Lipinski definition) is 0. The standard InChI is InChI=1S/C44H25N3OS/c1-2-12-26(13-3-1)44-45-41(43-42(46-44)32-18-8-11-21-39(32)49-43)29-24-36(40-31-17-7-10-20-37(31)48-38(40)25-29)47-34-19-9-6-16-30(34)33-22-27-14-4-5-15-28(27)23-35(33)47/h1-25H. The van der Waals surface area contributed by atoms with Gasteiger partial charge in [0, 0.05) is 37.4 Å². The van der Waals surface area contributed by atoms with Crippen molar-refractivity contribution >= 4 is 86.2 Å². The zero-order chi connectivity index (χ0) is 32.1. The summed E-state index contributed by atoms with van der Waals surface area (Å²) < 4.78 is 11.4. The smallest absolute Gasteiger partial charge is 0.160 e. The van der Waals surface area contributed by atoms with E-state index in [9.17, 15) is 0 Å². The van der Waals surface area contributed by atoms with Crippen molar-refractivity contribution in [1.82, 2.24) is 14.5 Å². The Hall–Kier alpha value is -6.30. The second kappa shape index (κ2) is 10.1. The highest BCUT2D eigenvalue weighted by Crippen LogP contribution is 2.44. The van der Waals surface area contributed by atoms with Gasteiger partial charge in [-0.05, 0) is 53.2 Å². The lowest BCUT2D eigenvalue weighted by Gasteiger charge is -2.13. The van der Waals surface area contributed by atoms with Gasteiger partial charge in [-0.25, -0.2) is 9.97 Å². The summed E-state index contributed by atoms with van der Waals surface area (Å²) in [5.74, 6) is 0.709. The van der Waals surface area contributed by atoms with Crippen molar-refractivity contribution in [3.8, 4) is 28.3 Å². The number of fused-ring (bicyclic) bond motifs is 10. The topological polar surface area (TPSA) is 43.9 Å². The van der Waals surface area contributed by atoms with E-state index in [0.717, 1.165) is 71.1 Å². The van der Waals surface area contributed by atoms with Crippen LogP contribution in [0.5, 0.6) is 0 Å². The Kier molecular flexibility index (Phi) is 5.51. The van der Waals surface area contributed by atoms with E-state index in [1.165, 1.54) is 26.2 Å². The third kappa shape index (κ3) is 3.91. The van der Waals surface area contributed by atoms with E-state index < -0.39 is 0 Å². The van der Waals surface area contributed by atoms with Crippen LogP contribution in [0.15, 0.2) is 156 Å². The Labute approximate surface area is 284 Å². The SMILES string of the molecule is c1ccc(-c2nc(-c3cc(-n4c5ccccc5c5cc6ccccc6cc54)c4c(c3)oc3ccccc34)c3sc4ccccc4c3n2)cc1. The second-order valence-electron chi connectivity index (χ2n) is 12.6. The summed E-state index contributed by atoms with van der Waals surface area (Å²) >= 11 is 1.74. The normalized spacial score (nSPS) is 12.1. The molecule has 4 heterocycles. The van der Waals surface area contributed by atoms with Crippen LogP contribution >= 0.6 is 11.3 Å². The third-order valence-corrected chi connectivity index (χ3v) is 10.9. The van der Waals surface area contributed by atoms with Gasteiger partial charge >= 0.3 is 0 Å². The fourth-order valence-electron chi connectivity index (χ4n) is 7.56. The average molecular weight is 644 g/mol. The summed E-state index contributed by atoms with van der Waals surface area (Å²) in [5, 5.41) is 8.19. The molecule has 11 rings (SSSR count). The van der Waals surface area contributed by atoms with Gasteiger partial charge in [0.05, 0.1) is 38.0 Å². The van der Waals surface area contributed by atoms with Gasteiger partial charge in [-0.1, -0.05) is 109 Å². The highest BCUT2D eigenvalue weighted by atomic mass is 32.1. The van der Waals surface area contributed by atoms with Crippen LogP contribution in [0.2, 0.25) is 0 Å². The molecule has 0 aliphatic rings. The molecule has 49 heavy (non-hydrogen) atoms. The molecule has 7 aromatic carbocycles. The van der Waals surface area contributed by atoms with Gasteiger partial charge in [0.2, 0.25) is 0 Å². The van der Waals surface area contributed by atoms with Crippen molar-refractivity contribution < 1.29 is 4.42 Å². The molecule has 0 atom stereocenters. The van der Waals surface area contributed by atoms with Crippen LogP contribution in [0, 0.1) is 0 Å². The van der Waals surface area contributed by atoms with E-state index >= 15 is 0 Å². The van der Waals surface area contributed by atoms with Gasteiger partial charge in [-0.15, -0.1) is 11.3 Å². The minimum absolute atomic E-state index is 0.709. The van der Waals surface area contributed by atoms with Gasteiger partial charge in [0.25, 0.3) is 0 Å². The van der Waals surface area contributed by atoms with E-state index in [4.69, 9.17) is 14.4 Å². The minimum atomic E-state index is 0.709. The molecule has 0 bridgehead atoms. The van der Waals surface area contributed by atoms with E-state index in [0.29, 0.717) is 5.82 Å². The summed E-state index contributed by atoms with van der Waals surface area (Å²) in [6, 6.07) is 53.6. The molecule has 0 unspecified atom stereocenters. The maximum absolute atomic E-state index is 6.68. The number of nitrogens with zero attached hydrogens (tertiary/aromatic N) is 3. The van der Waals surface area contributed by atoms with Crippen molar-refractivity contribution in [2.24, 2.45) is 0 Å². The minimum Gasteiger partial charge on any atom is -0.456 e. The Morgan fingerprint density at radius 1 is 0.510 bits per heavy atom. The zero-order valence-electron chi connectivity index (χ0n) is 26.1. The Morgan fingerprint density at radius 2 is 1.22 bits per heavy atom. The first-order chi connectivity index (χ1) is 24.3. The molecule has 0 radical (unpaired) electrons. The summed E-state index contributed by atoms with van der Waals surface area (Å²) in [5.41, 5.74) is 8.91. The summed E-state index contributed by atoms with van der Waals surface area (Å²) in [7, 11) is 0. The fourth-order valence-corrected chi connectivity index (χ4v) is 8.72. The van der Waals surface area contributed by atoms with Crippen LogP contribution < -0.4 is 0 Å². The molecule has 0 aliphatic carbocycles. The van der Waals surface area contributed by atoms with Crippen LogP contribution in [0.1, 0.15) is 0 Å². The van der Waals surface area contributed by atoms with Gasteiger partial charge in [0.1, 0.15) is 11.2 Å². The van der Waals surface area contributed by atoms with Crippen molar-refractivity contribution in [3.63, 3.8) is 0 Å². The highest BCUT2D eigenvalue weighted by molar-refractivity contribution is 7.26. The molecular weight excluding hydrogens is 619 g/mol. The van der Waals surface area contributed by atoms with E-state index in [-0.39, 0.29) is 0 Å². The van der Waals surface area contributed by atoms with Crippen LogP contribution in [-0.4, -0.2) is 14.5 Å². The number of aromatic nitrogens is 3. The first-order valence-electron chi connectivity index (χ1n) is 16.4. The Morgan fingerprint density at radius 3 is 2.10 bits per heavy atom. The Balaban J connectivity index is 1.31. The van der Waals surface area contributed by atoms with Crippen molar-refractivity contribution in [2.75, 3.05) is 0 Å². The van der Waals surface area contributed by atoms with E-state index in [2.05, 4.69) is 132 Å². The molecular formula is C44H25N3OS. The molecule has 4 nitrogen and oxygen atoms in total. The second-order valence-corrected chi connectivity index (χ2v) is 13.6. The average Bonchev–Trinajstić information content (AvgIpc) is 3.83. The molecule has 228 valence electrons. The summed E-state index contributed by atoms with van der Waals surface area (Å²) in [6.45, 7) is 0. The van der Waals surface area contributed by atoms with Crippen molar-refractivity contribution in [3.05, 3.63) is 152 Å². The molecule has 0 N–H and O–H groups in total. The van der Waals surface area contributed by atoms with Crippen LogP contribution in [0.25, 0.3) is 103 Å². The summed E-state index contributed by atoms with van der Waals surface area (Å²) in [6.07, 6.45) is 0. The van der Waals surface area contributed by atoms with Crippen molar-refractivity contribution in [1.29, 1.82) is 0 Å². The molecule has 0 saturated carbocycles. The number of furan rings is 1. The monoisotopic (exact) mass is 643 g/mol.